The number of benzene rings is 3. The van der Waals surface area contributed by atoms with Crippen LogP contribution in [0.3, 0.4) is 0 Å². The van der Waals surface area contributed by atoms with E-state index in [4.69, 9.17) is 9.47 Å². The fraction of sp³-hybridized carbons (Fsp3) is 0.463. The molecule has 3 heterocycles. The normalized spacial score (nSPS) is 22.9. The Morgan fingerprint density at radius 1 is 0.909 bits per heavy atom. The smallest absolute Gasteiger partial charge is 0.407 e. The number of alkyl carbamates (subject to hydrolysis) is 1. The summed E-state index contributed by atoms with van der Waals surface area (Å²) in [5.74, 6) is -0.816. The first-order valence-electron chi connectivity index (χ1n) is 18.9. The zero-order valence-electron chi connectivity index (χ0n) is 31.7. The molecule has 6 rings (SSSR count). The first-order valence-corrected chi connectivity index (χ1v) is 18.9. The molecule has 3 aliphatic heterocycles. The molecular weight excluding hydrogens is 707 g/mol. The van der Waals surface area contributed by atoms with Gasteiger partial charge in [0.15, 0.2) is 0 Å². The Kier molecular flexibility index (Phi) is 12.7. The monoisotopic (exact) mass is 758 g/mol. The van der Waals surface area contributed by atoms with Crippen molar-refractivity contribution < 1.29 is 38.1 Å². The molecule has 4 atom stereocenters. The number of carbonyl (C=O) groups is 4. The molecule has 55 heavy (non-hydrogen) atoms. The number of amides is 4. The lowest BCUT2D eigenvalue weighted by atomic mass is 9.83. The minimum absolute atomic E-state index is 0.0372. The standard InChI is InChI=1S/C41H51FN6O7/c1-28-21-46(34(23-47(28)40(52)53)22-45-17-18-54-25-29(45)2)24-37(49)48-27-41(3,35-14-11-32(20-36(35)48)19-30-9-12-33(42)13-10-30)38(50)43-15-16-44-39(51)55-26-31-7-5-4-6-8-31/h4-14,20,28-29,34H,15-19,21-27H2,1-3H3,(H,43,50)(H,44,51)(H,52,53)/t28-,29-,34+,41?/m1/s1. The molecular formula is C41H51FN6O7. The first kappa shape index (κ1) is 39.6. The number of halogens is 1. The molecule has 0 aliphatic carbocycles. The Labute approximate surface area is 321 Å². The van der Waals surface area contributed by atoms with Crippen LogP contribution in [0.1, 0.15) is 43.0 Å². The molecule has 2 fully saturated rings. The van der Waals surface area contributed by atoms with Gasteiger partial charge >= 0.3 is 12.2 Å². The van der Waals surface area contributed by atoms with E-state index in [0.29, 0.717) is 44.0 Å². The summed E-state index contributed by atoms with van der Waals surface area (Å²) in [7, 11) is 0. The van der Waals surface area contributed by atoms with Gasteiger partial charge in [-0.15, -0.1) is 0 Å². The predicted octanol–water partition coefficient (Wildman–Crippen LogP) is 3.84. The van der Waals surface area contributed by atoms with Crippen molar-refractivity contribution in [2.75, 3.05) is 70.5 Å². The zero-order valence-corrected chi connectivity index (χ0v) is 31.7. The van der Waals surface area contributed by atoms with Crippen molar-refractivity contribution in [3.63, 3.8) is 0 Å². The van der Waals surface area contributed by atoms with Crippen molar-refractivity contribution in [2.45, 2.75) is 57.3 Å². The second-order valence-electron chi connectivity index (χ2n) is 15.0. The Morgan fingerprint density at radius 3 is 2.36 bits per heavy atom. The van der Waals surface area contributed by atoms with E-state index in [0.717, 1.165) is 23.2 Å². The average molecular weight is 759 g/mol. The van der Waals surface area contributed by atoms with Crippen molar-refractivity contribution in [1.29, 1.82) is 0 Å². The van der Waals surface area contributed by atoms with Crippen LogP contribution in [0.5, 0.6) is 0 Å². The molecule has 3 N–H and O–H groups in total. The van der Waals surface area contributed by atoms with Crippen LogP contribution in [0.2, 0.25) is 0 Å². The van der Waals surface area contributed by atoms with Gasteiger partial charge in [-0.25, -0.2) is 14.0 Å². The van der Waals surface area contributed by atoms with Gasteiger partial charge in [-0.3, -0.25) is 19.4 Å². The van der Waals surface area contributed by atoms with E-state index in [1.165, 1.54) is 17.0 Å². The largest absolute Gasteiger partial charge is 0.465 e. The molecule has 0 spiro atoms. The number of carbonyl (C=O) groups excluding carboxylic acids is 3. The molecule has 4 amide bonds. The Balaban J connectivity index is 1.18. The number of morpholine rings is 1. The highest BCUT2D eigenvalue weighted by molar-refractivity contribution is 6.03. The van der Waals surface area contributed by atoms with E-state index in [-0.39, 0.29) is 75.1 Å². The number of nitrogens with zero attached hydrogens (tertiary/aromatic N) is 4. The van der Waals surface area contributed by atoms with Gasteiger partial charge in [-0.1, -0.05) is 54.6 Å². The summed E-state index contributed by atoms with van der Waals surface area (Å²) in [6, 6.07) is 20.9. The molecule has 0 radical (unpaired) electrons. The quantitative estimate of drug-likeness (QED) is 0.235. The highest BCUT2D eigenvalue weighted by Crippen LogP contribution is 2.42. The molecule has 13 nitrogen and oxygen atoms in total. The van der Waals surface area contributed by atoms with Gasteiger partial charge in [-0.2, -0.15) is 0 Å². The lowest BCUT2D eigenvalue weighted by Gasteiger charge is -2.47. The van der Waals surface area contributed by atoms with E-state index in [1.54, 1.807) is 17.0 Å². The van der Waals surface area contributed by atoms with Crippen LogP contribution in [-0.4, -0.2) is 128 Å². The number of ether oxygens (including phenoxy) is 2. The van der Waals surface area contributed by atoms with Crippen molar-refractivity contribution in [1.82, 2.24) is 25.3 Å². The Morgan fingerprint density at radius 2 is 1.64 bits per heavy atom. The molecule has 3 aromatic carbocycles. The highest BCUT2D eigenvalue weighted by atomic mass is 19.1. The molecule has 3 aliphatic rings. The fourth-order valence-electron chi connectivity index (χ4n) is 7.73. The van der Waals surface area contributed by atoms with Crippen molar-refractivity contribution >= 4 is 29.7 Å². The van der Waals surface area contributed by atoms with Crippen molar-refractivity contribution in [3.05, 3.63) is 101 Å². The second kappa shape index (κ2) is 17.6. The molecule has 14 heteroatoms. The fourth-order valence-corrected chi connectivity index (χ4v) is 7.73. The van der Waals surface area contributed by atoms with E-state index >= 15 is 0 Å². The molecule has 3 aromatic rings. The third-order valence-corrected chi connectivity index (χ3v) is 10.9. The van der Waals surface area contributed by atoms with Crippen LogP contribution < -0.4 is 15.5 Å². The highest BCUT2D eigenvalue weighted by Gasteiger charge is 2.47. The Bertz CT molecular complexity index is 1830. The van der Waals surface area contributed by atoms with Gasteiger partial charge in [-0.05, 0) is 67.6 Å². The van der Waals surface area contributed by atoms with Crippen LogP contribution in [0.25, 0.3) is 0 Å². The van der Waals surface area contributed by atoms with Crippen molar-refractivity contribution in [3.8, 4) is 0 Å². The molecule has 0 bridgehead atoms. The number of fused-ring (bicyclic) bond motifs is 1. The maximum Gasteiger partial charge on any atom is 0.407 e. The van der Waals surface area contributed by atoms with Gasteiger partial charge in [0.2, 0.25) is 11.8 Å². The number of piperazine rings is 1. The van der Waals surface area contributed by atoms with E-state index in [1.807, 2.05) is 62.4 Å². The van der Waals surface area contributed by atoms with E-state index in [9.17, 15) is 28.7 Å². The van der Waals surface area contributed by atoms with Crippen LogP contribution in [0.15, 0.2) is 72.8 Å². The van der Waals surface area contributed by atoms with Crippen LogP contribution in [-0.2, 0) is 37.5 Å². The summed E-state index contributed by atoms with van der Waals surface area (Å²) < 4.78 is 24.6. The minimum Gasteiger partial charge on any atom is -0.465 e. The summed E-state index contributed by atoms with van der Waals surface area (Å²) in [5.41, 5.74) is 2.87. The number of hydrogen-bond donors (Lipinski definition) is 3. The zero-order chi connectivity index (χ0) is 39.1. The molecule has 0 saturated carbocycles. The first-order chi connectivity index (χ1) is 26.4. The Hall–Kier alpha value is -5.05. The lowest BCUT2D eigenvalue weighted by Crippen LogP contribution is -2.64. The third-order valence-electron chi connectivity index (χ3n) is 10.9. The molecule has 1 unspecified atom stereocenters. The van der Waals surface area contributed by atoms with Gasteiger partial charge in [0, 0.05) is 69.6 Å². The summed E-state index contributed by atoms with van der Waals surface area (Å²) in [4.78, 5) is 60.4. The third kappa shape index (κ3) is 9.61. The average Bonchev–Trinajstić information content (AvgIpc) is 3.48. The summed E-state index contributed by atoms with van der Waals surface area (Å²) in [6.45, 7) is 9.42. The van der Waals surface area contributed by atoms with Gasteiger partial charge in [0.1, 0.15) is 12.4 Å². The van der Waals surface area contributed by atoms with Crippen LogP contribution in [0, 0.1) is 5.82 Å². The van der Waals surface area contributed by atoms with Gasteiger partial charge < -0.3 is 35.0 Å². The molecule has 2 saturated heterocycles. The number of rotatable bonds is 12. The minimum atomic E-state index is -1.11. The summed E-state index contributed by atoms with van der Waals surface area (Å²) in [5, 5.41) is 15.6. The SMILES string of the molecule is C[C@@H]1COCCN1C[C@H]1CN(C(=O)O)[C@H](C)CN1CC(=O)N1CC(C)(C(=O)NCCNC(=O)OCc2ccccc2)c2ccc(Cc3ccc(F)cc3)cc21. The number of anilines is 1. The van der Waals surface area contributed by atoms with Gasteiger partial charge in [0.25, 0.3) is 0 Å². The number of nitrogens with one attached hydrogen (secondary N) is 2. The maximum absolute atomic E-state index is 14.5. The lowest BCUT2D eigenvalue weighted by molar-refractivity contribution is -0.126. The van der Waals surface area contributed by atoms with Crippen LogP contribution in [0.4, 0.5) is 19.7 Å². The second-order valence-corrected chi connectivity index (χ2v) is 15.0. The van der Waals surface area contributed by atoms with Crippen LogP contribution >= 0.6 is 0 Å². The topological polar surface area (TPSA) is 144 Å². The predicted molar refractivity (Wildman–Crippen MR) is 204 cm³/mol. The molecule has 0 aromatic heterocycles. The van der Waals surface area contributed by atoms with E-state index < -0.39 is 17.6 Å². The summed E-state index contributed by atoms with van der Waals surface area (Å²) in [6.07, 6.45) is -1.08. The maximum atomic E-state index is 14.5. The number of carboxylic acid groups (broad SMARTS) is 1. The van der Waals surface area contributed by atoms with Gasteiger partial charge in [0.05, 0.1) is 25.2 Å². The van der Waals surface area contributed by atoms with E-state index in [2.05, 4.69) is 27.4 Å². The van der Waals surface area contributed by atoms with Crippen molar-refractivity contribution in [2.24, 2.45) is 0 Å². The molecule has 294 valence electrons. The number of hydrogen-bond acceptors (Lipinski definition) is 8. The summed E-state index contributed by atoms with van der Waals surface area (Å²) >= 11 is 0.